The van der Waals surface area contributed by atoms with Crippen molar-refractivity contribution in [2.45, 2.75) is 6.54 Å². The van der Waals surface area contributed by atoms with Gasteiger partial charge in [0.05, 0.1) is 18.1 Å². The van der Waals surface area contributed by atoms with E-state index in [9.17, 15) is 4.79 Å². The number of aliphatic hydroxyl groups is 1. The van der Waals surface area contributed by atoms with Crippen molar-refractivity contribution in [3.05, 3.63) is 21.9 Å². The number of hydrogen-bond acceptors (Lipinski definition) is 6. The smallest absolute Gasteiger partial charge is 0.275 e. The molecule has 1 aromatic rings. The highest BCUT2D eigenvalue weighted by Crippen LogP contribution is 2.18. The zero-order chi connectivity index (χ0) is 13.4. The Hall–Kier alpha value is -0.990. The molecule has 0 radical (unpaired) electrons. The fraction of sp³-hybridized carbons (Fsp3) is 0.545. The number of nitrogens with zero attached hydrogens (tertiary/aromatic N) is 1. The standard InChI is InChI=1S/C11H19N3O3S/c1-17-6-4-14(3-5-15)8-9-2-7-18-10(9)11(16)13-12/h2,7,15H,3-6,8,12H2,1H3,(H,13,16). The largest absolute Gasteiger partial charge is 0.395 e. The molecule has 0 bridgehead atoms. The molecule has 6 nitrogen and oxygen atoms in total. The molecule has 0 saturated carbocycles. The molecule has 0 spiro atoms. The minimum absolute atomic E-state index is 0.0757. The molecule has 0 unspecified atom stereocenters. The average Bonchev–Trinajstić information content (AvgIpc) is 2.83. The molecule has 1 rings (SSSR count). The highest BCUT2D eigenvalue weighted by Gasteiger charge is 2.14. The molecule has 7 heteroatoms. The van der Waals surface area contributed by atoms with Crippen LogP contribution in [0.5, 0.6) is 0 Å². The lowest BCUT2D eigenvalue weighted by atomic mass is 10.2. The van der Waals surface area contributed by atoms with Gasteiger partial charge in [-0.1, -0.05) is 0 Å². The SMILES string of the molecule is COCCN(CCO)Cc1ccsc1C(=O)NN. The summed E-state index contributed by atoms with van der Waals surface area (Å²) in [7, 11) is 1.63. The summed E-state index contributed by atoms with van der Waals surface area (Å²) in [5.74, 6) is 4.85. The van der Waals surface area contributed by atoms with Crippen LogP contribution >= 0.6 is 11.3 Å². The fourth-order valence-corrected chi connectivity index (χ4v) is 2.42. The summed E-state index contributed by atoms with van der Waals surface area (Å²) in [4.78, 5) is 14.2. The Bertz CT molecular complexity index is 370. The molecule has 0 aromatic carbocycles. The van der Waals surface area contributed by atoms with E-state index < -0.39 is 0 Å². The maximum absolute atomic E-state index is 11.5. The Kier molecular flexibility index (Phi) is 6.84. The van der Waals surface area contributed by atoms with Gasteiger partial charge in [-0.15, -0.1) is 11.3 Å². The predicted molar refractivity (Wildman–Crippen MR) is 70.2 cm³/mol. The van der Waals surface area contributed by atoms with Crippen molar-refractivity contribution in [2.75, 3.05) is 33.4 Å². The second-order valence-electron chi connectivity index (χ2n) is 3.74. The van der Waals surface area contributed by atoms with Gasteiger partial charge >= 0.3 is 0 Å². The number of methoxy groups -OCH3 is 1. The van der Waals surface area contributed by atoms with Gasteiger partial charge in [-0.3, -0.25) is 15.1 Å². The summed E-state index contributed by atoms with van der Waals surface area (Å²) in [5.41, 5.74) is 3.04. The van der Waals surface area contributed by atoms with Crippen LogP contribution in [0.1, 0.15) is 15.2 Å². The second kappa shape index (κ2) is 8.17. The Morgan fingerprint density at radius 1 is 1.61 bits per heavy atom. The molecule has 1 amide bonds. The summed E-state index contributed by atoms with van der Waals surface area (Å²) >= 11 is 1.35. The first-order valence-electron chi connectivity index (χ1n) is 5.62. The Morgan fingerprint density at radius 3 is 3.00 bits per heavy atom. The van der Waals surface area contributed by atoms with Crippen molar-refractivity contribution >= 4 is 17.2 Å². The third kappa shape index (κ3) is 4.35. The van der Waals surface area contributed by atoms with Gasteiger partial charge in [0.15, 0.2) is 0 Å². The normalized spacial score (nSPS) is 10.9. The molecular weight excluding hydrogens is 254 g/mol. The van der Waals surface area contributed by atoms with E-state index in [0.29, 0.717) is 31.1 Å². The van der Waals surface area contributed by atoms with Crippen LogP contribution in [0.2, 0.25) is 0 Å². The monoisotopic (exact) mass is 273 g/mol. The fourth-order valence-electron chi connectivity index (χ4n) is 1.60. The van der Waals surface area contributed by atoms with E-state index in [1.807, 2.05) is 16.3 Å². The summed E-state index contributed by atoms with van der Waals surface area (Å²) in [6, 6.07) is 1.90. The van der Waals surface area contributed by atoms with E-state index >= 15 is 0 Å². The van der Waals surface area contributed by atoms with Crippen molar-refractivity contribution in [2.24, 2.45) is 5.84 Å². The zero-order valence-electron chi connectivity index (χ0n) is 10.4. The summed E-state index contributed by atoms with van der Waals surface area (Å²) < 4.78 is 5.02. The predicted octanol–water partition coefficient (Wildman–Crippen LogP) is -0.208. The second-order valence-corrected chi connectivity index (χ2v) is 4.66. The van der Waals surface area contributed by atoms with E-state index in [0.717, 1.165) is 5.56 Å². The van der Waals surface area contributed by atoms with E-state index in [1.54, 1.807) is 7.11 Å². The van der Waals surface area contributed by atoms with Crippen LogP contribution in [0.4, 0.5) is 0 Å². The van der Waals surface area contributed by atoms with E-state index in [2.05, 4.69) is 5.43 Å². The number of nitrogen functional groups attached to an aromatic ring is 1. The van der Waals surface area contributed by atoms with Gasteiger partial charge in [0.1, 0.15) is 0 Å². The van der Waals surface area contributed by atoms with Gasteiger partial charge in [0.25, 0.3) is 5.91 Å². The van der Waals surface area contributed by atoms with Gasteiger partial charge in [-0.05, 0) is 17.0 Å². The summed E-state index contributed by atoms with van der Waals surface area (Å²) in [6.07, 6.45) is 0. The number of ether oxygens (including phenoxy) is 1. The number of amides is 1. The molecule has 0 aliphatic heterocycles. The lowest BCUT2D eigenvalue weighted by Crippen LogP contribution is -2.32. The number of aliphatic hydroxyl groups excluding tert-OH is 1. The minimum atomic E-state index is -0.282. The Morgan fingerprint density at radius 2 is 2.39 bits per heavy atom. The number of carbonyl (C=O) groups excluding carboxylic acids is 1. The van der Waals surface area contributed by atoms with Crippen LogP contribution in [0.3, 0.4) is 0 Å². The molecule has 0 aliphatic carbocycles. The lowest BCUT2D eigenvalue weighted by molar-refractivity contribution is 0.0954. The number of hydrazine groups is 1. The quantitative estimate of drug-likeness (QED) is 0.347. The molecule has 0 fully saturated rings. The maximum atomic E-state index is 11.5. The first-order valence-corrected chi connectivity index (χ1v) is 6.50. The molecule has 0 aliphatic rings. The van der Waals surface area contributed by atoms with Crippen molar-refractivity contribution < 1.29 is 14.6 Å². The number of carbonyl (C=O) groups is 1. The molecule has 0 saturated heterocycles. The average molecular weight is 273 g/mol. The molecule has 1 heterocycles. The van der Waals surface area contributed by atoms with Crippen LogP contribution in [-0.4, -0.2) is 49.3 Å². The number of rotatable bonds is 8. The first kappa shape index (κ1) is 15.1. The van der Waals surface area contributed by atoms with Gasteiger partial charge in [-0.2, -0.15) is 0 Å². The van der Waals surface area contributed by atoms with Crippen LogP contribution in [0.15, 0.2) is 11.4 Å². The van der Waals surface area contributed by atoms with E-state index in [4.69, 9.17) is 15.7 Å². The van der Waals surface area contributed by atoms with Crippen molar-refractivity contribution in [3.63, 3.8) is 0 Å². The Labute approximate surface area is 110 Å². The summed E-state index contributed by atoms with van der Waals surface area (Å²) in [5, 5.41) is 10.9. The van der Waals surface area contributed by atoms with Crippen LogP contribution < -0.4 is 11.3 Å². The van der Waals surface area contributed by atoms with Crippen LogP contribution in [0.25, 0.3) is 0 Å². The Balaban J connectivity index is 2.67. The number of nitrogens with two attached hydrogens (primary N) is 1. The van der Waals surface area contributed by atoms with Crippen LogP contribution in [0, 0.1) is 0 Å². The molecular formula is C11H19N3O3S. The summed E-state index contributed by atoms with van der Waals surface area (Å²) in [6.45, 7) is 2.50. The number of hydrogen-bond donors (Lipinski definition) is 3. The highest BCUT2D eigenvalue weighted by atomic mass is 32.1. The van der Waals surface area contributed by atoms with Crippen molar-refractivity contribution in [1.82, 2.24) is 10.3 Å². The van der Waals surface area contributed by atoms with Crippen LogP contribution in [-0.2, 0) is 11.3 Å². The zero-order valence-corrected chi connectivity index (χ0v) is 11.2. The first-order chi connectivity index (χ1) is 8.72. The van der Waals surface area contributed by atoms with Gasteiger partial charge in [0.2, 0.25) is 0 Å². The van der Waals surface area contributed by atoms with Gasteiger partial charge in [-0.25, -0.2) is 5.84 Å². The topological polar surface area (TPSA) is 87.8 Å². The minimum Gasteiger partial charge on any atom is -0.395 e. The lowest BCUT2D eigenvalue weighted by Gasteiger charge is -2.20. The third-order valence-corrected chi connectivity index (χ3v) is 3.46. The van der Waals surface area contributed by atoms with Gasteiger partial charge in [0, 0.05) is 26.7 Å². The van der Waals surface area contributed by atoms with E-state index in [1.165, 1.54) is 11.3 Å². The van der Waals surface area contributed by atoms with Crippen molar-refractivity contribution in [3.8, 4) is 0 Å². The molecule has 18 heavy (non-hydrogen) atoms. The van der Waals surface area contributed by atoms with Gasteiger partial charge < -0.3 is 9.84 Å². The van der Waals surface area contributed by atoms with Crippen molar-refractivity contribution in [1.29, 1.82) is 0 Å². The molecule has 1 aromatic heterocycles. The third-order valence-electron chi connectivity index (χ3n) is 2.51. The maximum Gasteiger partial charge on any atom is 0.275 e. The van der Waals surface area contributed by atoms with E-state index in [-0.39, 0.29) is 12.5 Å². The number of nitrogens with one attached hydrogen (secondary N) is 1. The highest BCUT2D eigenvalue weighted by molar-refractivity contribution is 7.12. The molecule has 4 N–H and O–H groups in total. The molecule has 102 valence electrons. The number of thiophene rings is 1. The molecule has 0 atom stereocenters.